The summed E-state index contributed by atoms with van der Waals surface area (Å²) in [6, 6.07) is 7.64. The standard InChI is InChI=1S/C18H18N2O8S/c1-11-4-6-13(29(3,25)26)9-14(11)18(22)28-10-17(21)19-15-7-5-12(20(23)24)8-16(15)27-2/h4-9H,10H2,1-3H3,(H,19,21). The van der Waals surface area contributed by atoms with Gasteiger partial charge in [-0.2, -0.15) is 0 Å². The third-order valence-electron chi connectivity index (χ3n) is 3.86. The van der Waals surface area contributed by atoms with Crippen molar-refractivity contribution in [1.82, 2.24) is 0 Å². The molecule has 0 saturated heterocycles. The fourth-order valence-electron chi connectivity index (χ4n) is 2.34. The van der Waals surface area contributed by atoms with Crippen LogP contribution in [0.25, 0.3) is 0 Å². The van der Waals surface area contributed by atoms with Crippen molar-refractivity contribution >= 4 is 33.1 Å². The number of nitrogens with one attached hydrogen (secondary N) is 1. The molecule has 0 aliphatic rings. The summed E-state index contributed by atoms with van der Waals surface area (Å²) in [5.74, 6) is -1.50. The van der Waals surface area contributed by atoms with E-state index < -0.39 is 33.2 Å². The lowest BCUT2D eigenvalue weighted by atomic mass is 10.1. The predicted molar refractivity (Wildman–Crippen MR) is 103 cm³/mol. The number of amides is 1. The summed E-state index contributed by atoms with van der Waals surface area (Å²) < 4.78 is 33.2. The van der Waals surface area contributed by atoms with E-state index in [1.165, 1.54) is 37.4 Å². The zero-order valence-corrected chi connectivity index (χ0v) is 16.6. The van der Waals surface area contributed by atoms with Gasteiger partial charge in [0.25, 0.3) is 11.6 Å². The molecule has 1 amide bonds. The van der Waals surface area contributed by atoms with Gasteiger partial charge < -0.3 is 14.8 Å². The molecule has 1 N–H and O–H groups in total. The molecule has 29 heavy (non-hydrogen) atoms. The van der Waals surface area contributed by atoms with Crippen molar-refractivity contribution in [3.8, 4) is 5.75 Å². The molecule has 0 aliphatic carbocycles. The first-order valence-corrected chi connectivity index (χ1v) is 10.0. The van der Waals surface area contributed by atoms with Crippen LogP contribution in [0.5, 0.6) is 5.75 Å². The molecule has 2 aromatic rings. The zero-order chi connectivity index (χ0) is 21.8. The van der Waals surface area contributed by atoms with Crippen LogP contribution in [0, 0.1) is 17.0 Å². The number of carbonyl (C=O) groups excluding carboxylic acids is 2. The molecule has 0 spiro atoms. The summed E-state index contributed by atoms with van der Waals surface area (Å²) in [5.41, 5.74) is 0.454. The maximum absolute atomic E-state index is 12.2. The van der Waals surface area contributed by atoms with Crippen LogP contribution in [-0.4, -0.2) is 45.2 Å². The highest BCUT2D eigenvalue weighted by Gasteiger charge is 2.18. The number of nitro groups is 1. The average molecular weight is 422 g/mol. The van der Waals surface area contributed by atoms with Gasteiger partial charge in [0.05, 0.1) is 34.2 Å². The van der Waals surface area contributed by atoms with E-state index in [-0.39, 0.29) is 27.6 Å². The van der Waals surface area contributed by atoms with Crippen molar-refractivity contribution in [2.75, 3.05) is 25.3 Å². The van der Waals surface area contributed by atoms with Crippen molar-refractivity contribution in [2.45, 2.75) is 11.8 Å². The largest absolute Gasteiger partial charge is 0.494 e. The van der Waals surface area contributed by atoms with Crippen molar-refractivity contribution < 1.29 is 32.4 Å². The fraction of sp³-hybridized carbons (Fsp3) is 0.222. The van der Waals surface area contributed by atoms with Crippen LogP contribution in [0.1, 0.15) is 15.9 Å². The van der Waals surface area contributed by atoms with E-state index in [2.05, 4.69) is 5.32 Å². The molecule has 0 saturated carbocycles. The highest BCUT2D eigenvalue weighted by molar-refractivity contribution is 7.90. The highest BCUT2D eigenvalue weighted by Crippen LogP contribution is 2.29. The number of aryl methyl sites for hydroxylation is 1. The van der Waals surface area contributed by atoms with Gasteiger partial charge in [-0.1, -0.05) is 6.07 Å². The number of nitro benzene ring substituents is 1. The van der Waals surface area contributed by atoms with Gasteiger partial charge in [0, 0.05) is 12.3 Å². The lowest BCUT2D eigenvalue weighted by Crippen LogP contribution is -2.21. The second kappa shape index (κ2) is 8.69. The third-order valence-corrected chi connectivity index (χ3v) is 4.97. The van der Waals surface area contributed by atoms with Gasteiger partial charge in [0.2, 0.25) is 0 Å². The molecule has 0 radical (unpaired) electrons. The molecule has 2 aromatic carbocycles. The normalized spacial score (nSPS) is 10.9. The van der Waals surface area contributed by atoms with Gasteiger partial charge in [-0.15, -0.1) is 0 Å². The van der Waals surface area contributed by atoms with E-state index in [0.29, 0.717) is 5.56 Å². The minimum absolute atomic E-state index is 0.0219. The zero-order valence-electron chi connectivity index (χ0n) is 15.8. The Bertz CT molecular complexity index is 1080. The number of ether oxygens (including phenoxy) is 2. The summed E-state index contributed by atoms with van der Waals surface area (Å²) in [6.07, 6.45) is 1.01. The first-order chi connectivity index (χ1) is 13.5. The number of sulfone groups is 1. The van der Waals surface area contributed by atoms with Crippen LogP contribution < -0.4 is 10.1 Å². The number of esters is 1. The number of carbonyl (C=O) groups is 2. The van der Waals surface area contributed by atoms with E-state index in [0.717, 1.165) is 12.3 Å². The van der Waals surface area contributed by atoms with Crippen molar-refractivity contribution in [1.29, 1.82) is 0 Å². The quantitative estimate of drug-likeness (QED) is 0.406. The molecule has 11 heteroatoms. The average Bonchev–Trinajstić information content (AvgIpc) is 2.65. The Morgan fingerprint density at radius 3 is 2.45 bits per heavy atom. The number of rotatable bonds is 7. The lowest BCUT2D eigenvalue weighted by Gasteiger charge is -2.11. The molecular weight excluding hydrogens is 404 g/mol. The number of hydrogen-bond donors (Lipinski definition) is 1. The topological polar surface area (TPSA) is 142 Å². The first kappa shape index (κ1) is 21.8. The summed E-state index contributed by atoms with van der Waals surface area (Å²) in [4.78, 5) is 34.5. The fourth-order valence-corrected chi connectivity index (χ4v) is 2.99. The Kier molecular flexibility index (Phi) is 6.54. The lowest BCUT2D eigenvalue weighted by molar-refractivity contribution is -0.384. The monoisotopic (exact) mass is 422 g/mol. The molecule has 154 valence electrons. The summed E-state index contributed by atoms with van der Waals surface area (Å²) in [6.45, 7) is 0.950. The van der Waals surface area contributed by atoms with Crippen molar-refractivity contribution in [3.05, 3.63) is 57.6 Å². The second-order valence-corrected chi connectivity index (χ2v) is 8.03. The summed E-state index contributed by atoms with van der Waals surface area (Å²) >= 11 is 0. The number of hydrogen-bond acceptors (Lipinski definition) is 8. The Balaban J connectivity index is 2.08. The van der Waals surface area contributed by atoms with Gasteiger partial charge in [-0.25, -0.2) is 13.2 Å². The highest BCUT2D eigenvalue weighted by atomic mass is 32.2. The Morgan fingerprint density at radius 1 is 1.17 bits per heavy atom. The first-order valence-electron chi connectivity index (χ1n) is 8.13. The molecule has 0 aliphatic heterocycles. The third kappa shape index (κ3) is 5.51. The van der Waals surface area contributed by atoms with Crippen LogP contribution in [0.15, 0.2) is 41.3 Å². The molecule has 0 bridgehead atoms. The van der Waals surface area contributed by atoms with E-state index in [1.54, 1.807) is 6.92 Å². The minimum atomic E-state index is -3.51. The summed E-state index contributed by atoms with van der Waals surface area (Å²) in [7, 11) is -2.23. The smallest absolute Gasteiger partial charge is 0.338 e. The van der Waals surface area contributed by atoms with Gasteiger partial charge in [-0.05, 0) is 30.7 Å². The summed E-state index contributed by atoms with van der Waals surface area (Å²) in [5, 5.41) is 13.2. The molecule has 2 rings (SSSR count). The van der Waals surface area contributed by atoms with Crippen LogP contribution in [0.2, 0.25) is 0 Å². The van der Waals surface area contributed by atoms with Crippen molar-refractivity contribution in [2.24, 2.45) is 0 Å². The van der Waals surface area contributed by atoms with E-state index >= 15 is 0 Å². The molecule has 0 fully saturated rings. The van der Waals surface area contributed by atoms with E-state index in [9.17, 15) is 28.1 Å². The number of nitrogens with zero attached hydrogens (tertiary/aromatic N) is 1. The maximum Gasteiger partial charge on any atom is 0.338 e. The predicted octanol–water partition coefficient (Wildman–Crippen LogP) is 2.11. The number of non-ortho nitro benzene ring substituents is 1. The van der Waals surface area contributed by atoms with Gasteiger partial charge >= 0.3 is 5.97 Å². The Hall–Kier alpha value is -3.47. The Labute approximate surface area is 166 Å². The van der Waals surface area contributed by atoms with Crippen molar-refractivity contribution in [3.63, 3.8) is 0 Å². The van der Waals surface area contributed by atoms with Gasteiger partial charge in [0.15, 0.2) is 16.4 Å². The van der Waals surface area contributed by atoms with Crippen LogP contribution in [-0.2, 0) is 19.4 Å². The number of methoxy groups -OCH3 is 1. The second-order valence-electron chi connectivity index (χ2n) is 6.01. The van der Waals surface area contributed by atoms with E-state index in [1.807, 2.05) is 0 Å². The molecule has 0 heterocycles. The molecule has 10 nitrogen and oxygen atoms in total. The molecule has 0 unspecified atom stereocenters. The number of benzene rings is 2. The number of anilines is 1. The van der Waals surface area contributed by atoms with Crippen LogP contribution in [0.3, 0.4) is 0 Å². The molecule has 0 atom stereocenters. The maximum atomic E-state index is 12.2. The van der Waals surface area contributed by atoms with Gasteiger partial charge in [0.1, 0.15) is 5.75 Å². The molecule has 0 aromatic heterocycles. The van der Waals surface area contributed by atoms with Gasteiger partial charge in [-0.3, -0.25) is 14.9 Å². The van der Waals surface area contributed by atoms with E-state index in [4.69, 9.17) is 9.47 Å². The van der Waals surface area contributed by atoms with Crippen LogP contribution in [0.4, 0.5) is 11.4 Å². The minimum Gasteiger partial charge on any atom is -0.494 e. The SMILES string of the molecule is COc1cc([N+](=O)[O-])ccc1NC(=O)COC(=O)c1cc(S(C)(=O)=O)ccc1C. The van der Waals surface area contributed by atoms with Crippen LogP contribution >= 0.6 is 0 Å². The Morgan fingerprint density at radius 2 is 1.86 bits per heavy atom. The molecular formula is C18H18N2O8S.